The molecule has 1 aromatic carbocycles. The predicted molar refractivity (Wildman–Crippen MR) is 88.0 cm³/mol. The monoisotopic (exact) mass is 307 g/mol. The Morgan fingerprint density at radius 3 is 3.00 bits per heavy atom. The lowest BCUT2D eigenvalue weighted by Crippen LogP contribution is -2.46. The number of likely N-dealkylation sites (N-methyl/N-ethyl adjacent to an activating group) is 1. The van der Waals surface area contributed by atoms with Crippen LogP contribution in [0.4, 0.5) is 0 Å². The molecule has 0 aromatic heterocycles. The maximum Gasteiger partial charge on any atom is 0.0843 e. The summed E-state index contributed by atoms with van der Waals surface area (Å²) in [5, 5.41) is 3.61. The molecule has 2 aliphatic heterocycles. The van der Waals surface area contributed by atoms with E-state index in [4.69, 9.17) is 9.47 Å². The van der Waals surface area contributed by atoms with Gasteiger partial charge in [-0.05, 0) is 30.5 Å². The van der Waals surface area contributed by atoms with Gasteiger partial charge in [-0.15, -0.1) is 0 Å². The van der Waals surface area contributed by atoms with Crippen LogP contribution < -0.4 is 5.32 Å². The van der Waals surface area contributed by atoms with Crippen molar-refractivity contribution in [2.24, 2.45) is 0 Å². The minimum absolute atomic E-state index is 0.203. The van der Waals surface area contributed by atoms with Crippen LogP contribution in [0.5, 0.6) is 0 Å². The van der Waals surface area contributed by atoms with Gasteiger partial charge in [-0.1, -0.05) is 31.2 Å². The molecule has 3 nitrogen and oxygen atoms in total. The third kappa shape index (κ3) is 3.81. The third-order valence-electron chi connectivity index (χ3n) is 4.32. The molecule has 1 saturated heterocycles. The van der Waals surface area contributed by atoms with Gasteiger partial charge in [-0.25, -0.2) is 0 Å². The van der Waals surface area contributed by atoms with Gasteiger partial charge in [0.15, 0.2) is 0 Å². The number of nitrogens with one attached hydrogen (secondary N) is 1. The molecule has 0 aliphatic carbocycles. The standard InChI is InChI=1S/C17H25NO2S/c1-2-18-15(17-12-21-10-9-20-17)11-16-14-6-4-3-5-13(14)7-8-19-16/h3-6,15-18H,2,7-12H2,1H3. The van der Waals surface area contributed by atoms with E-state index in [2.05, 4.69) is 36.5 Å². The highest BCUT2D eigenvalue weighted by atomic mass is 32.2. The van der Waals surface area contributed by atoms with Crippen molar-refractivity contribution in [2.45, 2.75) is 38.0 Å². The van der Waals surface area contributed by atoms with Crippen molar-refractivity contribution in [3.8, 4) is 0 Å². The Morgan fingerprint density at radius 1 is 1.29 bits per heavy atom. The van der Waals surface area contributed by atoms with Crippen LogP contribution in [0.15, 0.2) is 24.3 Å². The molecule has 1 N–H and O–H groups in total. The summed E-state index contributed by atoms with van der Waals surface area (Å²) in [6.45, 7) is 4.85. The van der Waals surface area contributed by atoms with E-state index >= 15 is 0 Å². The number of fused-ring (bicyclic) bond motifs is 1. The molecule has 4 heteroatoms. The molecule has 3 unspecified atom stereocenters. The van der Waals surface area contributed by atoms with Gasteiger partial charge in [0.2, 0.25) is 0 Å². The molecule has 0 saturated carbocycles. The lowest BCUT2D eigenvalue weighted by Gasteiger charge is -2.35. The molecule has 3 rings (SSSR count). The number of ether oxygens (including phenoxy) is 2. The second-order valence-electron chi connectivity index (χ2n) is 5.69. The lowest BCUT2D eigenvalue weighted by atomic mass is 9.92. The fraction of sp³-hybridized carbons (Fsp3) is 0.647. The maximum atomic E-state index is 6.07. The highest BCUT2D eigenvalue weighted by molar-refractivity contribution is 7.99. The molecule has 0 radical (unpaired) electrons. The van der Waals surface area contributed by atoms with Gasteiger partial charge >= 0.3 is 0 Å². The summed E-state index contributed by atoms with van der Waals surface area (Å²) in [7, 11) is 0. The SMILES string of the molecule is CCNC(CC1OCCc2ccccc21)C1CSCCO1. The minimum Gasteiger partial charge on any atom is -0.375 e. The van der Waals surface area contributed by atoms with E-state index in [0.717, 1.165) is 44.1 Å². The van der Waals surface area contributed by atoms with Crippen molar-refractivity contribution in [1.29, 1.82) is 0 Å². The number of hydrogen-bond acceptors (Lipinski definition) is 4. The molecule has 0 bridgehead atoms. The molecule has 0 spiro atoms. The highest BCUT2D eigenvalue weighted by Crippen LogP contribution is 2.32. The van der Waals surface area contributed by atoms with Crippen molar-refractivity contribution < 1.29 is 9.47 Å². The van der Waals surface area contributed by atoms with Crippen LogP contribution in [0, 0.1) is 0 Å². The first-order valence-corrected chi connectivity index (χ1v) is 9.16. The van der Waals surface area contributed by atoms with E-state index in [9.17, 15) is 0 Å². The molecule has 1 fully saturated rings. The van der Waals surface area contributed by atoms with E-state index in [-0.39, 0.29) is 6.10 Å². The smallest absolute Gasteiger partial charge is 0.0843 e. The average Bonchev–Trinajstić information content (AvgIpc) is 2.55. The molecule has 2 aliphatic rings. The summed E-state index contributed by atoms with van der Waals surface area (Å²) < 4.78 is 12.1. The third-order valence-corrected chi connectivity index (χ3v) is 5.34. The van der Waals surface area contributed by atoms with E-state index in [1.54, 1.807) is 0 Å². The zero-order chi connectivity index (χ0) is 14.5. The highest BCUT2D eigenvalue weighted by Gasteiger charge is 2.30. The normalized spacial score (nSPS) is 27.1. The van der Waals surface area contributed by atoms with Crippen molar-refractivity contribution in [3.63, 3.8) is 0 Å². The van der Waals surface area contributed by atoms with Crippen LogP contribution in [0.2, 0.25) is 0 Å². The Balaban J connectivity index is 1.71. The topological polar surface area (TPSA) is 30.5 Å². The first-order valence-electron chi connectivity index (χ1n) is 8.00. The summed E-state index contributed by atoms with van der Waals surface area (Å²) in [5.74, 6) is 2.21. The van der Waals surface area contributed by atoms with Crippen molar-refractivity contribution in [2.75, 3.05) is 31.3 Å². The molecule has 21 heavy (non-hydrogen) atoms. The second kappa shape index (κ2) is 7.63. The van der Waals surface area contributed by atoms with Crippen LogP contribution in [0.1, 0.15) is 30.6 Å². The summed E-state index contributed by atoms with van der Waals surface area (Å²) in [6, 6.07) is 9.08. The van der Waals surface area contributed by atoms with E-state index in [1.807, 2.05) is 11.8 Å². The Morgan fingerprint density at radius 2 is 2.19 bits per heavy atom. The Hall–Kier alpha value is -0.550. The van der Waals surface area contributed by atoms with Crippen LogP contribution >= 0.6 is 11.8 Å². The molecule has 1 aromatic rings. The van der Waals surface area contributed by atoms with Gasteiger partial charge in [-0.3, -0.25) is 0 Å². The van der Waals surface area contributed by atoms with Gasteiger partial charge in [-0.2, -0.15) is 11.8 Å². The molecule has 2 heterocycles. The Bertz CT molecular complexity index is 448. The Kier molecular flexibility index (Phi) is 5.58. The largest absolute Gasteiger partial charge is 0.375 e. The maximum absolute atomic E-state index is 6.07. The van der Waals surface area contributed by atoms with Crippen molar-refractivity contribution in [3.05, 3.63) is 35.4 Å². The van der Waals surface area contributed by atoms with E-state index in [0.29, 0.717) is 12.1 Å². The van der Waals surface area contributed by atoms with Crippen LogP contribution in [0.3, 0.4) is 0 Å². The van der Waals surface area contributed by atoms with Gasteiger partial charge < -0.3 is 14.8 Å². The van der Waals surface area contributed by atoms with Gasteiger partial charge in [0.05, 0.1) is 25.4 Å². The lowest BCUT2D eigenvalue weighted by molar-refractivity contribution is -0.00331. The fourth-order valence-electron chi connectivity index (χ4n) is 3.27. The minimum atomic E-state index is 0.203. The number of rotatable bonds is 5. The second-order valence-corrected chi connectivity index (χ2v) is 6.84. The number of benzene rings is 1. The molecular weight excluding hydrogens is 282 g/mol. The molecule has 116 valence electrons. The molecule has 3 atom stereocenters. The average molecular weight is 307 g/mol. The predicted octanol–water partition coefficient (Wildman–Crippen LogP) is 2.80. The van der Waals surface area contributed by atoms with E-state index < -0.39 is 0 Å². The van der Waals surface area contributed by atoms with Crippen LogP contribution in [-0.4, -0.2) is 43.4 Å². The molecule has 0 amide bonds. The molecular formula is C17H25NO2S. The zero-order valence-corrected chi connectivity index (χ0v) is 13.5. The van der Waals surface area contributed by atoms with Crippen LogP contribution in [0.25, 0.3) is 0 Å². The van der Waals surface area contributed by atoms with E-state index in [1.165, 1.54) is 11.1 Å². The van der Waals surface area contributed by atoms with Crippen molar-refractivity contribution in [1.82, 2.24) is 5.32 Å². The van der Waals surface area contributed by atoms with Gasteiger partial charge in [0.1, 0.15) is 0 Å². The fourth-order valence-corrected chi connectivity index (χ4v) is 4.21. The quantitative estimate of drug-likeness (QED) is 0.906. The van der Waals surface area contributed by atoms with Gasteiger partial charge in [0, 0.05) is 17.5 Å². The summed E-state index contributed by atoms with van der Waals surface area (Å²) in [6.07, 6.45) is 2.54. The summed E-state index contributed by atoms with van der Waals surface area (Å²) in [4.78, 5) is 0. The number of hydrogen-bond donors (Lipinski definition) is 1. The van der Waals surface area contributed by atoms with Gasteiger partial charge in [0.25, 0.3) is 0 Å². The zero-order valence-electron chi connectivity index (χ0n) is 12.7. The number of thioether (sulfide) groups is 1. The first-order chi connectivity index (χ1) is 10.4. The van der Waals surface area contributed by atoms with Crippen LogP contribution in [-0.2, 0) is 15.9 Å². The summed E-state index contributed by atoms with van der Waals surface area (Å²) in [5.41, 5.74) is 2.82. The Labute approximate surface area is 131 Å². The first kappa shape index (κ1) is 15.3. The summed E-state index contributed by atoms with van der Waals surface area (Å²) >= 11 is 2.00. The van der Waals surface area contributed by atoms with Crippen molar-refractivity contribution >= 4 is 11.8 Å².